The van der Waals surface area contributed by atoms with Crippen molar-refractivity contribution in [2.24, 2.45) is 0 Å². The Labute approximate surface area is 124 Å². The lowest BCUT2D eigenvalue weighted by Crippen LogP contribution is -2.38. The Hall–Kier alpha value is -1.11. The van der Waals surface area contributed by atoms with Crippen LogP contribution in [-0.2, 0) is 9.53 Å². The van der Waals surface area contributed by atoms with E-state index in [0.717, 1.165) is 0 Å². The maximum absolute atomic E-state index is 11.8. The summed E-state index contributed by atoms with van der Waals surface area (Å²) in [7, 11) is 1.55. The minimum atomic E-state index is -0.342. The standard InChI is InChI=1S/C12H14BrClN2O3/c1-19-5-4-15-11(17)7-16-12(18)9-3-2-8(14)6-10(9)13/h2-3,6H,4-5,7H2,1H3,(H,15,17)(H,16,18). The highest BCUT2D eigenvalue weighted by Gasteiger charge is 2.11. The van der Waals surface area contributed by atoms with Crippen molar-refractivity contribution in [1.29, 1.82) is 0 Å². The van der Waals surface area contributed by atoms with Gasteiger partial charge in [0.2, 0.25) is 5.91 Å². The summed E-state index contributed by atoms with van der Waals surface area (Å²) in [4.78, 5) is 23.2. The highest BCUT2D eigenvalue weighted by Crippen LogP contribution is 2.21. The lowest BCUT2D eigenvalue weighted by atomic mass is 10.2. The first-order chi connectivity index (χ1) is 9.04. The van der Waals surface area contributed by atoms with Crippen LogP contribution < -0.4 is 10.6 Å². The molecule has 0 atom stereocenters. The molecule has 0 saturated heterocycles. The smallest absolute Gasteiger partial charge is 0.252 e. The lowest BCUT2D eigenvalue weighted by molar-refractivity contribution is -0.120. The first kappa shape index (κ1) is 15.9. The van der Waals surface area contributed by atoms with E-state index < -0.39 is 0 Å². The van der Waals surface area contributed by atoms with Gasteiger partial charge in [-0.05, 0) is 34.1 Å². The molecule has 0 spiro atoms. The van der Waals surface area contributed by atoms with Crippen LogP contribution in [0.1, 0.15) is 10.4 Å². The van der Waals surface area contributed by atoms with Crippen LogP contribution in [0.2, 0.25) is 5.02 Å². The maximum Gasteiger partial charge on any atom is 0.252 e. The number of halogens is 2. The van der Waals surface area contributed by atoms with E-state index >= 15 is 0 Å². The largest absolute Gasteiger partial charge is 0.383 e. The highest BCUT2D eigenvalue weighted by molar-refractivity contribution is 9.10. The number of hydrogen-bond acceptors (Lipinski definition) is 3. The van der Waals surface area contributed by atoms with Crippen LogP contribution in [0.15, 0.2) is 22.7 Å². The Kier molecular flexibility index (Phi) is 6.83. The van der Waals surface area contributed by atoms with Gasteiger partial charge in [-0.25, -0.2) is 0 Å². The molecule has 5 nitrogen and oxygen atoms in total. The number of carbonyl (C=O) groups is 2. The van der Waals surface area contributed by atoms with Gasteiger partial charge in [-0.3, -0.25) is 9.59 Å². The van der Waals surface area contributed by atoms with Gasteiger partial charge in [-0.15, -0.1) is 0 Å². The van der Waals surface area contributed by atoms with Crippen molar-refractivity contribution in [3.8, 4) is 0 Å². The highest BCUT2D eigenvalue weighted by atomic mass is 79.9. The predicted molar refractivity (Wildman–Crippen MR) is 76.4 cm³/mol. The number of benzene rings is 1. The van der Waals surface area contributed by atoms with Crippen molar-refractivity contribution in [1.82, 2.24) is 10.6 Å². The molecule has 0 saturated carbocycles. The Morgan fingerprint density at radius 3 is 2.74 bits per heavy atom. The molecule has 7 heteroatoms. The minimum absolute atomic E-state index is 0.0857. The summed E-state index contributed by atoms with van der Waals surface area (Å²) in [6, 6.07) is 4.82. The molecule has 1 aromatic rings. The number of rotatable bonds is 6. The van der Waals surface area contributed by atoms with E-state index in [2.05, 4.69) is 26.6 Å². The van der Waals surface area contributed by atoms with Crippen LogP contribution in [0.3, 0.4) is 0 Å². The molecule has 19 heavy (non-hydrogen) atoms. The zero-order chi connectivity index (χ0) is 14.3. The SMILES string of the molecule is COCCNC(=O)CNC(=O)c1ccc(Cl)cc1Br. The fraction of sp³-hybridized carbons (Fsp3) is 0.333. The molecule has 2 amide bonds. The maximum atomic E-state index is 11.8. The quantitative estimate of drug-likeness (QED) is 0.767. The third-order valence-electron chi connectivity index (χ3n) is 2.21. The first-order valence-corrected chi connectivity index (χ1v) is 6.70. The summed E-state index contributed by atoms with van der Waals surface area (Å²) in [6.07, 6.45) is 0. The molecule has 1 rings (SSSR count). The lowest BCUT2D eigenvalue weighted by Gasteiger charge is -2.08. The van der Waals surface area contributed by atoms with Crippen LogP contribution in [-0.4, -0.2) is 38.6 Å². The average molecular weight is 350 g/mol. The zero-order valence-corrected chi connectivity index (χ0v) is 12.7. The summed E-state index contributed by atoms with van der Waals surface area (Å²) in [6.45, 7) is 0.760. The van der Waals surface area contributed by atoms with Crippen LogP contribution in [0.25, 0.3) is 0 Å². The van der Waals surface area contributed by atoms with E-state index in [-0.39, 0.29) is 18.4 Å². The van der Waals surface area contributed by atoms with E-state index in [1.54, 1.807) is 25.3 Å². The fourth-order valence-corrected chi connectivity index (χ4v) is 2.15. The van der Waals surface area contributed by atoms with Gasteiger partial charge in [0.25, 0.3) is 5.91 Å². The van der Waals surface area contributed by atoms with Gasteiger partial charge in [0, 0.05) is 23.1 Å². The summed E-state index contributed by atoms with van der Waals surface area (Å²) in [5.74, 6) is -0.610. The zero-order valence-electron chi connectivity index (χ0n) is 10.3. The Morgan fingerprint density at radius 2 is 2.11 bits per heavy atom. The molecule has 0 radical (unpaired) electrons. The molecular formula is C12H14BrClN2O3. The molecule has 0 fully saturated rings. The second-order valence-corrected chi connectivity index (χ2v) is 4.94. The number of amides is 2. The molecule has 0 bridgehead atoms. The first-order valence-electron chi connectivity index (χ1n) is 5.53. The molecule has 0 heterocycles. The molecule has 1 aromatic carbocycles. The van der Waals surface area contributed by atoms with Gasteiger partial charge in [-0.1, -0.05) is 11.6 Å². The Morgan fingerprint density at radius 1 is 1.37 bits per heavy atom. The molecule has 0 aromatic heterocycles. The van der Waals surface area contributed by atoms with E-state index in [1.165, 1.54) is 0 Å². The summed E-state index contributed by atoms with van der Waals surface area (Å²) in [5.41, 5.74) is 0.425. The molecule has 0 aliphatic rings. The number of hydrogen-bond donors (Lipinski definition) is 2. The van der Waals surface area contributed by atoms with Crippen LogP contribution >= 0.6 is 27.5 Å². The fourth-order valence-electron chi connectivity index (χ4n) is 1.28. The van der Waals surface area contributed by atoms with Gasteiger partial charge in [0.05, 0.1) is 18.7 Å². The van der Waals surface area contributed by atoms with Gasteiger partial charge in [0.15, 0.2) is 0 Å². The normalized spacial score (nSPS) is 10.1. The van der Waals surface area contributed by atoms with Crippen molar-refractivity contribution in [2.45, 2.75) is 0 Å². The Balaban J connectivity index is 2.45. The second kappa shape index (κ2) is 8.14. The van der Waals surface area contributed by atoms with Crippen molar-refractivity contribution in [3.63, 3.8) is 0 Å². The third kappa shape index (κ3) is 5.59. The van der Waals surface area contributed by atoms with Gasteiger partial charge in [0.1, 0.15) is 0 Å². The van der Waals surface area contributed by atoms with E-state index in [4.69, 9.17) is 16.3 Å². The van der Waals surface area contributed by atoms with Crippen LogP contribution in [0, 0.1) is 0 Å². The van der Waals surface area contributed by atoms with Crippen molar-refractivity contribution >= 4 is 39.3 Å². The Bertz CT molecular complexity index is 468. The number of nitrogens with one attached hydrogen (secondary N) is 2. The third-order valence-corrected chi connectivity index (χ3v) is 3.10. The van der Waals surface area contributed by atoms with Crippen molar-refractivity contribution < 1.29 is 14.3 Å². The van der Waals surface area contributed by atoms with E-state index in [1.807, 2.05) is 0 Å². The topological polar surface area (TPSA) is 67.4 Å². The number of methoxy groups -OCH3 is 1. The predicted octanol–water partition coefficient (Wildman–Crippen LogP) is 1.59. The van der Waals surface area contributed by atoms with Gasteiger partial charge in [-0.2, -0.15) is 0 Å². The van der Waals surface area contributed by atoms with Crippen LogP contribution in [0.5, 0.6) is 0 Å². The minimum Gasteiger partial charge on any atom is -0.383 e. The van der Waals surface area contributed by atoms with Gasteiger partial charge < -0.3 is 15.4 Å². The van der Waals surface area contributed by atoms with E-state index in [0.29, 0.717) is 28.2 Å². The molecular weight excluding hydrogens is 336 g/mol. The van der Waals surface area contributed by atoms with E-state index in [9.17, 15) is 9.59 Å². The molecule has 2 N–H and O–H groups in total. The summed E-state index contributed by atoms with van der Waals surface area (Å²) >= 11 is 9.03. The van der Waals surface area contributed by atoms with Crippen LogP contribution in [0.4, 0.5) is 0 Å². The second-order valence-electron chi connectivity index (χ2n) is 3.65. The number of carbonyl (C=O) groups excluding carboxylic acids is 2. The summed E-state index contributed by atoms with van der Waals surface area (Å²) in [5, 5.41) is 5.65. The molecule has 0 aliphatic heterocycles. The average Bonchev–Trinajstić information content (AvgIpc) is 2.36. The van der Waals surface area contributed by atoms with Crippen molar-refractivity contribution in [2.75, 3.05) is 26.8 Å². The molecule has 104 valence electrons. The summed E-state index contributed by atoms with van der Waals surface area (Å²) < 4.78 is 5.37. The molecule has 0 aliphatic carbocycles. The van der Waals surface area contributed by atoms with Gasteiger partial charge >= 0.3 is 0 Å². The van der Waals surface area contributed by atoms with Crippen molar-refractivity contribution in [3.05, 3.63) is 33.3 Å². The number of ether oxygens (including phenoxy) is 1. The molecule has 0 unspecified atom stereocenters. The monoisotopic (exact) mass is 348 g/mol.